The first-order valence-corrected chi connectivity index (χ1v) is 22.6. The van der Waals surface area contributed by atoms with Crippen LogP contribution < -0.4 is 20.3 Å². The predicted molar refractivity (Wildman–Crippen MR) is 237 cm³/mol. The lowest BCUT2D eigenvalue weighted by Gasteiger charge is -2.37. The second-order valence-electron chi connectivity index (χ2n) is 15.8. The second kappa shape index (κ2) is 21.0. The van der Waals surface area contributed by atoms with E-state index in [9.17, 15) is 23.1 Å². The molecule has 6 heterocycles. The van der Waals surface area contributed by atoms with Crippen LogP contribution in [0.2, 0.25) is 5.02 Å². The van der Waals surface area contributed by atoms with Crippen LogP contribution in [0.15, 0.2) is 82.8 Å². The lowest BCUT2D eigenvalue weighted by molar-refractivity contribution is -0.133. The highest BCUT2D eigenvalue weighted by molar-refractivity contribution is 7.11. The highest BCUT2D eigenvalue weighted by Gasteiger charge is 2.35. The molecule has 336 valence electrons. The lowest BCUT2D eigenvalue weighted by atomic mass is 9.95. The summed E-state index contributed by atoms with van der Waals surface area (Å²) in [4.78, 5) is 43.8. The first kappa shape index (κ1) is 45.1. The Labute approximate surface area is 377 Å². The summed E-state index contributed by atoms with van der Waals surface area (Å²) >= 11 is 7.82. The standard InChI is InChI=1S/C45H48ClF3N10O4S/c1-27-32-24-54-42(41-51-12-7-13-52-41)55-35(32)10-15-59(27)29-21-34(48)39(49)37(22-29)63-17-6-4-2-3-5-11-50-23-30-26-62-18-16-58(30)25-36-38(45(60)61)40(31-9-8-28(47)20-33(31)46)57-43(56-36)44-53-14-19-64-44/h7-9,12-14,19-22,24,27,30,40,50H,2-6,10-11,15-18,23,25-26H2,1H3,(H,56,57)(H,60,61)/t27?,30-,40+/m1/s1. The third-order valence-corrected chi connectivity index (χ3v) is 12.7. The van der Waals surface area contributed by atoms with E-state index in [1.165, 1.54) is 29.5 Å². The fourth-order valence-electron chi connectivity index (χ4n) is 8.25. The van der Waals surface area contributed by atoms with Gasteiger partial charge in [0, 0.05) is 108 Å². The number of carbonyl (C=O) groups is 1. The van der Waals surface area contributed by atoms with Gasteiger partial charge in [-0.2, -0.15) is 4.39 Å². The van der Waals surface area contributed by atoms with Gasteiger partial charge in [-0.25, -0.2) is 38.5 Å². The van der Waals surface area contributed by atoms with Crippen molar-refractivity contribution in [3.8, 4) is 17.4 Å². The molecule has 14 nitrogen and oxygen atoms in total. The Morgan fingerprint density at radius 2 is 1.84 bits per heavy atom. The van der Waals surface area contributed by atoms with Gasteiger partial charge in [0.05, 0.1) is 37.1 Å². The van der Waals surface area contributed by atoms with Crippen LogP contribution in [-0.2, 0) is 16.0 Å². The maximum Gasteiger partial charge on any atom is 0.335 e. The maximum atomic E-state index is 14.9. The van der Waals surface area contributed by atoms with Crippen LogP contribution in [0.4, 0.5) is 18.9 Å². The van der Waals surface area contributed by atoms with E-state index in [4.69, 9.17) is 31.1 Å². The third-order valence-electron chi connectivity index (χ3n) is 11.6. The van der Waals surface area contributed by atoms with Crippen molar-refractivity contribution in [1.29, 1.82) is 0 Å². The number of hydrogen-bond acceptors (Lipinski definition) is 14. The van der Waals surface area contributed by atoms with E-state index in [0.717, 1.165) is 49.6 Å². The van der Waals surface area contributed by atoms with Crippen LogP contribution in [0, 0.1) is 17.5 Å². The molecule has 3 atom stereocenters. The van der Waals surface area contributed by atoms with E-state index in [2.05, 4.69) is 35.5 Å². The summed E-state index contributed by atoms with van der Waals surface area (Å²) < 4.78 is 55.5. The van der Waals surface area contributed by atoms with Crippen molar-refractivity contribution in [3.05, 3.63) is 122 Å². The van der Waals surface area contributed by atoms with Crippen LogP contribution in [0.1, 0.15) is 72.9 Å². The van der Waals surface area contributed by atoms with Crippen molar-refractivity contribution in [3.63, 3.8) is 0 Å². The third kappa shape index (κ3) is 10.5. The number of ether oxygens (including phenoxy) is 2. The van der Waals surface area contributed by atoms with E-state index in [0.29, 0.717) is 85.1 Å². The molecule has 5 aromatic rings. The van der Waals surface area contributed by atoms with Crippen molar-refractivity contribution in [2.45, 2.75) is 63.6 Å². The number of nitrogens with one attached hydrogen (secondary N) is 2. The van der Waals surface area contributed by atoms with E-state index in [1.54, 1.807) is 36.9 Å². The van der Waals surface area contributed by atoms with Crippen LogP contribution in [0.5, 0.6) is 5.75 Å². The number of nitrogens with zero attached hydrogens (tertiary/aromatic N) is 8. The average molecular weight is 917 g/mol. The number of carboxylic acid groups (broad SMARTS) is 1. The van der Waals surface area contributed by atoms with Crippen LogP contribution in [0.25, 0.3) is 11.6 Å². The minimum atomic E-state index is -1.15. The zero-order chi connectivity index (χ0) is 44.6. The number of rotatable bonds is 18. The largest absolute Gasteiger partial charge is 0.490 e. The first-order valence-electron chi connectivity index (χ1n) is 21.3. The molecular weight excluding hydrogens is 869 g/mol. The van der Waals surface area contributed by atoms with Gasteiger partial charge >= 0.3 is 5.97 Å². The number of benzene rings is 2. The van der Waals surface area contributed by atoms with Crippen LogP contribution >= 0.6 is 22.9 Å². The van der Waals surface area contributed by atoms with Gasteiger partial charge in [0.2, 0.25) is 5.82 Å². The predicted octanol–water partition coefficient (Wildman–Crippen LogP) is 7.33. The Balaban J connectivity index is 0.791. The van der Waals surface area contributed by atoms with Gasteiger partial charge in [0.1, 0.15) is 11.9 Å². The molecule has 1 unspecified atom stereocenters. The molecule has 1 fully saturated rings. The molecule has 2 aromatic carbocycles. The number of thiazole rings is 1. The summed E-state index contributed by atoms with van der Waals surface area (Å²) in [5, 5.41) is 19.8. The van der Waals surface area contributed by atoms with E-state index >= 15 is 0 Å². The fourth-order valence-corrected chi connectivity index (χ4v) is 9.11. The second-order valence-corrected chi connectivity index (χ2v) is 17.1. The van der Waals surface area contributed by atoms with Crippen molar-refractivity contribution < 1.29 is 32.5 Å². The zero-order valence-electron chi connectivity index (χ0n) is 35.2. The Kier molecular flexibility index (Phi) is 14.8. The van der Waals surface area contributed by atoms with Crippen molar-refractivity contribution in [1.82, 2.24) is 40.5 Å². The molecule has 19 heteroatoms. The van der Waals surface area contributed by atoms with Gasteiger partial charge in [0.15, 0.2) is 34.1 Å². The van der Waals surface area contributed by atoms with Gasteiger partial charge in [-0.05, 0) is 44.5 Å². The van der Waals surface area contributed by atoms with Crippen LogP contribution in [0.3, 0.4) is 0 Å². The molecule has 8 rings (SSSR count). The molecule has 0 spiro atoms. The number of aliphatic imine (C=N–C) groups is 1. The lowest BCUT2D eigenvalue weighted by Crippen LogP contribution is -2.52. The molecule has 0 radical (unpaired) electrons. The van der Waals surface area contributed by atoms with E-state index in [-0.39, 0.29) is 41.6 Å². The molecule has 0 amide bonds. The molecule has 64 heavy (non-hydrogen) atoms. The van der Waals surface area contributed by atoms with Gasteiger partial charge in [-0.15, -0.1) is 11.3 Å². The van der Waals surface area contributed by atoms with Gasteiger partial charge in [-0.3, -0.25) is 9.89 Å². The first-order chi connectivity index (χ1) is 31.1. The number of anilines is 1. The Bertz CT molecular complexity index is 2480. The van der Waals surface area contributed by atoms with E-state index < -0.39 is 29.5 Å². The van der Waals surface area contributed by atoms with Gasteiger partial charge in [0.25, 0.3) is 0 Å². The SMILES string of the molecule is CC1c2cnc(-c3ncccn3)nc2CCN1c1cc(F)c(F)c(OCCCCCCCNC[C@@H]2COCCN2CC2=C(C(=O)O)[C@H](c3ccc(F)cc3Cl)N=C(c3nccs3)N2)c1. The average Bonchev–Trinajstić information content (AvgIpc) is 3.84. The minimum Gasteiger partial charge on any atom is -0.490 e. The number of aliphatic carboxylic acids is 1. The van der Waals surface area contributed by atoms with Crippen LogP contribution in [-0.4, -0.2) is 105 Å². The molecular formula is C45H48ClF3N10O4S. The molecule has 1 saturated heterocycles. The monoisotopic (exact) mass is 916 g/mol. The molecule has 3 aliphatic rings. The quantitative estimate of drug-likeness (QED) is 0.0750. The number of hydrogen-bond donors (Lipinski definition) is 3. The number of unbranched alkanes of at least 4 members (excludes halogenated alkanes) is 4. The Hall–Kier alpha value is -5.53. The summed E-state index contributed by atoms with van der Waals surface area (Å²) in [5.41, 5.74) is 3.19. The molecule has 0 saturated carbocycles. The zero-order valence-corrected chi connectivity index (χ0v) is 36.7. The minimum absolute atomic E-state index is 0.0272. The summed E-state index contributed by atoms with van der Waals surface area (Å²) in [7, 11) is 0. The van der Waals surface area contributed by atoms with Gasteiger partial charge < -0.3 is 30.1 Å². The summed E-state index contributed by atoms with van der Waals surface area (Å²) in [6, 6.07) is 7.21. The number of amidine groups is 1. The summed E-state index contributed by atoms with van der Waals surface area (Å²) in [6.07, 6.45) is 11.7. The molecule has 0 aliphatic carbocycles. The number of halogens is 4. The van der Waals surface area contributed by atoms with E-state index in [1.807, 2.05) is 17.2 Å². The molecule has 3 N–H and O–H groups in total. The molecule has 3 aromatic heterocycles. The number of carboxylic acids is 1. The van der Waals surface area contributed by atoms with Crippen molar-refractivity contribution in [2.75, 3.05) is 57.4 Å². The Morgan fingerprint density at radius 1 is 1.02 bits per heavy atom. The fraction of sp³-hybridized carbons (Fsp3) is 0.400. The van der Waals surface area contributed by atoms with Crippen molar-refractivity contribution >= 4 is 40.4 Å². The molecule has 3 aliphatic heterocycles. The maximum absolute atomic E-state index is 14.9. The van der Waals surface area contributed by atoms with Gasteiger partial charge in [-0.1, -0.05) is 36.9 Å². The highest BCUT2D eigenvalue weighted by Crippen LogP contribution is 2.38. The highest BCUT2D eigenvalue weighted by atomic mass is 35.5. The topological polar surface area (TPSA) is 163 Å². The van der Waals surface area contributed by atoms with Crippen molar-refractivity contribution in [2.24, 2.45) is 4.99 Å². The number of aromatic nitrogens is 5. The number of morpholine rings is 1. The normalized spacial score (nSPS) is 19.0. The number of fused-ring (bicyclic) bond motifs is 1. The smallest absolute Gasteiger partial charge is 0.335 e. The molecule has 0 bridgehead atoms. The summed E-state index contributed by atoms with van der Waals surface area (Å²) in [5.74, 6) is -2.43. The Morgan fingerprint density at radius 3 is 2.64 bits per heavy atom. The summed E-state index contributed by atoms with van der Waals surface area (Å²) in [6.45, 7) is 6.06.